The first-order chi connectivity index (χ1) is 35.0. The van der Waals surface area contributed by atoms with Crippen LogP contribution in [0.2, 0.25) is 0 Å². The highest BCUT2D eigenvalue weighted by Gasteiger charge is 2.37. The van der Waals surface area contributed by atoms with E-state index in [4.69, 9.17) is 22.3 Å². The molecular formula is C47H82N14O14. The fourth-order valence-electron chi connectivity index (χ4n) is 7.37. The number of aromatic amines is 1. The number of rotatable bonds is 35. The highest BCUT2D eigenvalue weighted by Crippen LogP contribution is 2.14. The Bertz CT molecular complexity index is 2080. The number of carboxylic acid groups (broad SMARTS) is 2. The number of carbonyl (C=O) groups is 10. The Morgan fingerprint density at radius 2 is 1.01 bits per heavy atom. The average Bonchev–Trinajstić information content (AvgIpc) is 3.82. The van der Waals surface area contributed by atoms with Crippen LogP contribution < -0.4 is 59.7 Å². The molecular weight excluding hydrogens is 985 g/mol. The molecule has 1 rings (SSSR count). The molecule has 19 N–H and O–H groups in total. The first-order valence-electron chi connectivity index (χ1n) is 24.9. The topological polar surface area (TPSA) is 467 Å². The molecule has 28 nitrogen and oxygen atoms in total. The van der Waals surface area contributed by atoms with Crippen LogP contribution in [-0.4, -0.2) is 169 Å². The van der Waals surface area contributed by atoms with Gasteiger partial charge in [0, 0.05) is 31.3 Å². The molecule has 0 spiro atoms. The minimum atomic E-state index is -1.76. The van der Waals surface area contributed by atoms with Gasteiger partial charge in [0.2, 0.25) is 47.3 Å². The standard InChI is InChI=1S/C47H82N14O14/c1-22(2)15-30(39(67)54-29(46(74)75)11-10-14-52-47(49)50)57-44(72)36(25(7)8)60-42(70)32(17-24(5)6)55-41(69)33(18-27-19-51-21-53-27)56-40(68)31(16-23(3)4)58-45(73)37(26(9)63)61-43(71)34(20-62)59-38(66)28(48)12-13-35(64)65/h19,21-26,28-34,36-37,62-63H,10-18,20,48H2,1-9H3,(H,51,53)(H,54,67)(H,55,69)(H,56,68)(H,57,72)(H,58,73)(H,59,66)(H,60,70)(H,61,71)(H,64,65)(H,74,75)(H4,49,50,52). The van der Waals surface area contributed by atoms with Crippen LogP contribution in [0, 0.1) is 23.7 Å². The van der Waals surface area contributed by atoms with E-state index in [1.54, 1.807) is 55.4 Å². The summed E-state index contributed by atoms with van der Waals surface area (Å²) < 4.78 is 0. The summed E-state index contributed by atoms with van der Waals surface area (Å²) in [6, 6.07) is -12.7. The minimum Gasteiger partial charge on any atom is -0.481 e. The monoisotopic (exact) mass is 1070 g/mol. The molecule has 0 aliphatic heterocycles. The van der Waals surface area contributed by atoms with E-state index in [0.29, 0.717) is 5.69 Å². The van der Waals surface area contributed by atoms with Crippen molar-refractivity contribution in [2.75, 3.05) is 13.2 Å². The summed E-state index contributed by atoms with van der Waals surface area (Å²) in [6.45, 7) is 14.2. The van der Waals surface area contributed by atoms with E-state index in [9.17, 15) is 63.3 Å². The van der Waals surface area contributed by atoms with E-state index < -0.39 is 139 Å². The molecule has 10 atom stereocenters. The van der Waals surface area contributed by atoms with Crippen molar-refractivity contribution in [1.82, 2.24) is 52.5 Å². The van der Waals surface area contributed by atoms with Crippen LogP contribution in [0.25, 0.3) is 0 Å². The van der Waals surface area contributed by atoms with Gasteiger partial charge in [0.1, 0.15) is 48.3 Å². The smallest absolute Gasteiger partial charge is 0.326 e. The number of nitrogens with zero attached hydrogens (tertiary/aromatic N) is 2. The van der Waals surface area contributed by atoms with Gasteiger partial charge in [-0.1, -0.05) is 55.4 Å². The number of aliphatic imine (C=N–C) groups is 1. The number of H-pyrrole nitrogens is 1. The van der Waals surface area contributed by atoms with Gasteiger partial charge in [0.25, 0.3) is 0 Å². The van der Waals surface area contributed by atoms with Gasteiger partial charge in [-0.25, -0.2) is 9.78 Å². The van der Waals surface area contributed by atoms with E-state index in [1.165, 1.54) is 12.5 Å². The fourth-order valence-corrected chi connectivity index (χ4v) is 7.37. The lowest BCUT2D eigenvalue weighted by Gasteiger charge is -2.30. The molecule has 0 aromatic carbocycles. The second-order valence-corrected chi connectivity index (χ2v) is 20.0. The molecule has 0 saturated carbocycles. The van der Waals surface area contributed by atoms with Gasteiger partial charge in [0.05, 0.1) is 25.1 Å². The zero-order chi connectivity index (χ0) is 57.3. The van der Waals surface area contributed by atoms with E-state index in [2.05, 4.69) is 57.5 Å². The quantitative estimate of drug-likeness (QED) is 0.0177. The highest BCUT2D eigenvalue weighted by molar-refractivity contribution is 5.98. The van der Waals surface area contributed by atoms with Crippen molar-refractivity contribution in [2.45, 2.75) is 174 Å². The van der Waals surface area contributed by atoms with Gasteiger partial charge in [-0.05, 0) is 69.1 Å². The molecule has 1 aromatic heterocycles. The zero-order valence-electron chi connectivity index (χ0n) is 44.3. The molecule has 8 amide bonds. The van der Waals surface area contributed by atoms with Crippen LogP contribution in [0.3, 0.4) is 0 Å². The summed E-state index contributed by atoms with van der Waals surface area (Å²) in [6.07, 6.45) is 0.515. The van der Waals surface area contributed by atoms with Crippen molar-refractivity contribution in [3.8, 4) is 0 Å². The van der Waals surface area contributed by atoms with Crippen LogP contribution in [0.1, 0.15) is 113 Å². The third-order valence-corrected chi connectivity index (χ3v) is 11.3. The lowest BCUT2D eigenvalue weighted by Crippen LogP contribution is -2.62. The summed E-state index contributed by atoms with van der Waals surface area (Å²) in [5.74, 6) is -11.1. The Balaban J connectivity index is 3.42. The molecule has 0 aliphatic carbocycles. The number of aliphatic carboxylic acids is 2. The molecule has 1 aromatic rings. The maximum absolute atomic E-state index is 14.3. The molecule has 0 fully saturated rings. The number of carbonyl (C=O) groups excluding carboxylic acids is 8. The Morgan fingerprint density at radius 3 is 1.44 bits per heavy atom. The Labute approximate surface area is 436 Å². The van der Waals surface area contributed by atoms with E-state index in [0.717, 1.165) is 6.92 Å². The van der Waals surface area contributed by atoms with Crippen molar-refractivity contribution in [3.05, 3.63) is 18.2 Å². The first-order valence-corrected chi connectivity index (χ1v) is 24.9. The van der Waals surface area contributed by atoms with Crippen LogP contribution in [-0.2, 0) is 54.4 Å². The van der Waals surface area contributed by atoms with Gasteiger partial charge in [0.15, 0.2) is 5.96 Å². The van der Waals surface area contributed by atoms with Crippen LogP contribution in [0.4, 0.5) is 0 Å². The van der Waals surface area contributed by atoms with Crippen molar-refractivity contribution in [1.29, 1.82) is 0 Å². The number of nitrogens with two attached hydrogens (primary N) is 3. The first kappa shape index (κ1) is 66.1. The second kappa shape index (κ2) is 33.1. The SMILES string of the molecule is CC(C)CC(NC(=O)C(Cc1cnc[nH]1)NC(=O)C(CC(C)C)NC(=O)C(NC(=O)C(CO)NC(=O)C(N)CCC(=O)O)C(C)O)C(=O)NC(C(=O)NC(CC(C)C)C(=O)NC(CCCN=C(N)N)C(=O)O)C(C)C. The van der Waals surface area contributed by atoms with Crippen LogP contribution in [0.15, 0.2) is 17.5 Å². The zero-order valence-corrected chi connectivity index (χ0v) is 44.3. The molecule has 0 saturated heterocycles. The average molecular weight is 1070 g/mol. The molecule has 10 unspecified atom stereocenters. The number of aliphatic hydroxyl groups excluding tert-OH is 2. The normalized spacial score (nSPS) is 15.4. The lowest BCUT2D eigenvalue weighted by atomic mass is 9.98. The largest absolute Gasteiger partial charge is 0.481 e. The summed E-state index contributed by atoms with van der Waals surface area (Å²) >= 11 is 0. The molecule has 0 bridgehead atoms. The predicted octanol–water partition coefficient (Wildman–Crippen LogP) is -3.67. The molecule has 75 heavy (non-hydrogen) atoms. The third kappa shape index (κ3) is 25.2. The number of hydrogen-bond donors (Lipinski definition) is 16. The third-order valence-electron chi connectivity index (χ3n) is 11.3. The van der Waals surface area contributed by atoms with Crippen molar-refractivity contribution in [3.63, 3.8) is 0 Å². The van der Waals surface area contributed by atoms with Crippen molar-refractivity contribution in [2.24, 2.45) is 45.9 Å². The number of guanidine groups is 1. The summed E-state index contributed by atoms with van der Waals surface area (Å²) in [5, 5.41) is 59.3. The summed E-state index contributed by atoms with van der Waals surface area (Å²) in [4.78, 5) is 143. The number of amides is 8. The molecule has 424 valence electrons. The predicted molar refractivity (Wildman–Crippen MR) is 272 cm³/mol. The summed E-state index contributed by atoms with van der Waals surface area (Å²) in [7, 11) is 0. The van der Waals surface area contributed by atoms with Gasteiger partial charge in [-0.3, -0.25) is 48.1 Å². The lowest BCUT2D eigenvalue weighted by molar-refractivity contribution is -0.142. The number of hydrogen-bond acceptors (Lipinski definition) is 15. The molecule has 28 heteroatoms. The van der Waals surface area contributed by atoms with Gasteiger partial charge in [-0.2, -0.15) is 0 Å². The Kier molecular flexibility index (Phi) is 29.1. The maximum Gasteiger partial charge on any atom is 0.326 e. The van der Waals surface area contributed by atoms with Crippen LogP contribution >= 0.6 is 0 Å². The number of aliphatic hydroxyl groups is 2. The number of aromatic nitrogens is 2. The van der Waals surface area contributed by atoms with E-state index in [1.807, 2.05) is 0 Å². The maximum atomic E-state index is 14.3. The fraction of sp³-hybridized carbons (Fsp3) is 0.702. The van der Waals surface area contributed by atoms with Crippen LogP contribution in [0.5, 0.6) is 0 Å². The van der Waals surface area contributed by atoms with Crippen molar-refractivity contribution >= 4 is 65.2 Å². The Morgan fingerprint density at radius 1 is 0.587 bits per heavy atom. The number of imidazole rings is 1. The van der Waals surface area contributed by atoms with Gasteiger partial charge in [-0.15, -0.1) is 0 Å². The second-order valence-electron chi connectivity index (χ2n) is 20.0. The van der Waals surface area contributed by atoms with E-state index >= 15 is 0 Å². The molecule has 0 aliphatic rings. The molecule has 1 heterocycles. The van der Waals surface area contributed by atoms with Gasteiger partial charge >= 0.3 is 11.9 Å². The van der Waals surface area contributed by atoms with E-state index in [-0.39, 0.29) is 75.2 Å². The Hall–Kier alpha value is -6.94. The summed E-state index contributed by atoms with van der Waals surface area (Å²) in [5.41, 5.74) is 16.8. The highest BCUT2D eigenvalue weighted by atomic mass is 16.4. The van der Waals surface area contributed by atoms with Crippen molar-refractivity contribution < 1.29 is 68.4 Å². The minimum absolute atomic E-state index is 0.0170. The van der Waals surface area contributed by atoms with Gasteiger partial charge < -0.3 is 85.1 Å². The number of carboxylic acids is 2. The molecule has 0 radical (unpaired) electrons. The number of nitrogens with one attached hydrogen (secondary N) is 9.